The van der Waals surface area contributed by atoms with Gasteiger partial charge < -0.3 is 15.7 Å². The number of alkyl halides is 1. The lowest BCUT2D eigenvalue weighted by molar-refractivity contribution is 0.252. The number of nitrogens with zero attached hydrogens (tertiary/aromatic N) is 2. The summed E-state index contributed by atoms with van der Waals surface area (Å²) in [6.45, 7) is 0.931. The van der Waals surface area contributed by atoms with Gasteiger partial charge in [-0.3, -0.25) is 10.3 Å². The highest BCUT2D eigenvalue weighted by atomic mass is 35.5. The Morgan fingerprint density at radius 3 is 3.10 bits per heavy atom. The van der Waals surface area contributed by atoms with Crippen LogP contribution in [-0.2, 0) is 0 Å². The number of hydrogen-bond donors (Lipinski definition) is 4. The van der Waals surface area contributed by atoms with Crippen LogP contribution in [-0.4, -0.2) is 47.0 Å². The fraction of sp³-hybridized carbons (Fsp3) is 0.421. The predicted molar refractivity (Wildman–Crippen MR) is 115 cm³/mol. The minimum absolute atomic E-state index is 0.204. The lowest BCUT2D eigenvalue weighted by Crippen LogP contribution is -2.34. The Hall–Kier alpha value is -2.23. The van der Waals surface area contributed by atoms with Gasteiger partial charge in [0.1, 0.15) is 11.7 Å². The number of aliphatic hydroxyl groups is 1. The van der Waals surface area contributed by atoms with Gasteiger partial charge in [-0.25, -0.2) is 14.2 Å². The number of nitrogens with one attached hydrogen (secondary N) is 3. The van der Waals surface area contributed by atoms with Gasteiger partial charge in [-0.15, -0.1) is 11.6 Å². The number of allylic oxidation sites excluding steroid dienone is 1. The van der Waals surface area contributed by atoms with E-state index in [9.17, 15) is 9.18 Å². The highest BCUT2D eigenvalue weighted by Gasteiger charge is 2.18. The monoisotopic (exact) mass is 439 g/mol. The number of aliphatic hydroxyl groups excluding tert-OH is 1. The van der Waals surface area contributed by atoms with E-state index in [1.807, 2.05) is 6.20 Å². The number of halogens is 2. The molecule has 0 saturated carbocycles. The number of thiazole rings is 1. The number of aliphatic imine (C=N–C) groups is 1. The number of fused-ring (bicyclic) bond motifs is 1. The van der Waals surface area contributed by atoms with E-state index < -0.39 is 6.03 Å². The molecule has 0 saturated heterocycles. The number of carbonyl (C=O) groups is 1. The van der Waals surface area contributed by atoms with Crippen molar-refractivity contribution in [3.05, 3.63) is 35.8 Å². The highest BCUT2D eigenvalue weighted by Crippen LogP contribution is 2.26. The van der Waals surface area contributed by atoms with Crippen LogP contribution in [0.5, 0.6) is 0 Å². The number of unbranched alkanes of at least 4 members (excludes halogenated alkanes) is 1. The normalized spacial score (nSPS) is 17.8. The largest absolute Gasteiger partial charge is 0.396 e. The van der Waals surface area contributed by atoms with Gasteiger partial charge in [0.2, 0.25) is 0 Å². The number of anilines is 1. The van der Waals surface area contributed by atoms with Crippen molar-refractivity contribution in [2.45, 2.75) is 31.1 Å². The molecular formula is C19H23ClFN5O2S. The van der Waals surface area contributed by atoms with Crippen molar-refractivity contribution in [2.75, 3.05) is 25.0 Å². The molecule has 4 N–H and O–H groups in total. The van der Waals surface area contributed by atoms with Gasteiger partial charge in [0.25, 0.3) is 0 Å². The van der Waals surface area contributed by atoms with Crippen molar-refractivity contribution in [3.63, 3.8) is 0 Å². The number of rotatable bonds is 8. The van der Waals surface area contributed by atoms with E-state index in [1.165, 1.54) is 29.0 Å². The number of benzene rings is 1. The van der Waals surface area contributed by atoms with Crippen LogP contribution in [0.1, 0.15) is 25.7 Å². The first-order valence-electron chi connectivity index (χ1n) is 9.40. The Kier molecular flexibility index (Phi) is 7.79. The maximum atomic E-state index is 13.2. The first-order chi connectivity index (χ1) is 14.0. The first kappa shape index (κ1) is 21.5. The summed E-state index contributed by atoms with van der Waals surface area (Å²) in [5, 5.41) is 17.5. The summed E-state index contributed by atoms with van der Waals surface area (Å²) >= 11 is 7.58. The summed E-state index contributed by atoms with van der Waals surface area (Å²) < 4.78 is 13.9. The average Bonchev–Trinajstić information content (AvgIpc) is 3.08. The van der Waals surface area contributed by atoms with Crippen molar-refractivity contribution < 1.29 is 14.3 Å². The zero-order valence-electron chi connectivity index (χ0n) is 15.8. The minimum Gasteiger partial charge on any atom is -0.396 e. The predicted octanol–water partition coefficient (Wildman–Crippen LogP) is 3.60. The Balaban J connectivity index is 1.41. The van der Waals surface area contributed by atoms with Gasteiger partial charge in [0.05, 0.1) is 22.1 Å². The van der Waals surface area contributed by atoms with Crippen LogP contribution in [0.2, 0.25) is 0 Å². The van der Waals surface area contributed by atoms with Crippen LogP contribution >= 0.6 is 22.9 Å². The molecule has 7 nitrogen and oxygen atoms in total. The third kappa shape index (κ3) is 6.38. The Labute approximate surface area is 177 Å². The molecule has 1 atom stereocenters. The second kappa shape index (κ2) is 10.5. The van der Waals surface area contributed by atoms with E-state index in [0.29, 0.717) is 34.3 Å². The van der Waals surface area contributed by atoms with Gasteiger partial charge in [0.15, 0.2) is 5.13 Å². The van der Waals surface area contributed by atoms with E-state index in [1.54, 1.807) is 6.07 Å². The lowest BCUT2D eigenvalue weighted by Gasteiger charge is -2.21. The Morgan fingerprint density at radius 2 is 2.31 bits per heavy atom. The summed E-state index contributed by atoms with van der Waals surface area (Å²) in [6.07, 6.45) is 5.27. The topological polar surface area (TPSA) is 98.6 Å². The Morgan fingerprint density at radius 1 is 1.45 bits per heavy atom. The molecular weight excluding hydrogens is 417 g/mol. The maximum absolute atomic E-state index is 13.2. The van der Waals surface area contributed by atoms with Crippen molar-refractivity contribution in [3.8, 4) is 0 Å². The van der Waals surface area contributed by atoms with Crippen LogP contribution in [0.3, 0.4) is 0 Å². The van der Waals surface area contributed by atoms with Crippen molar-refractivity contribution >= 4 is 50.2 Å². The van der Waals surface area contributed by atoms with Crippen LogP contribution in [0.4, 0.5) is 14.3 Å². The summed E-state index contributed by atoms with van der Waals surface area (Å²) in [5.41, 5.74) is 1.85. The minimum atomic E-state index is -0.394. The molecule has 29 heavy (non-hydrogen) atoms. The second-order valence-corrected chi connectivity index (χ2v) is 8.14. The number of urea groups is 1. The molecule has 2 amide bonds. The lowest BCUT2D eigenvalue weighted by atomic mass is 10.0. The number of carbonyl (C=O) groups excluding carboxylic acids is 1. The van der Waals surface area contributed by atoms with Crippen LogP contribution in [0.15, 0.2) is 35.0 Å². The molecule has 0 fully saturated rings. The fourth-order valence-electron chi connectivity index (χ4n) is 2.87. The van der Waals surface area contributed by atoms with Crippen molar-refractivity contribution in [1.82, 2.24) is 15.6 Å². The quantitative estimate of drug-likeness (QED) is 0.373. The SMILES string of the molecule is O=C(NCCN=C1NC=C(CCCCO)CC1Cl)Nc1nc2ccc(F)cc2s1. The van der Waals surface area contributed by atoms with Gasteiger partial charge in [-0.2, -0.15) is 0 Å². The molecule has 0 bridgehead atoms. The summed E-state index contributed by atoms with van der Waals surface area (Å²) in [6, 6.07) is 3.90. The maximum Gasteiger partial charge on any atom is 0.321 e. The van der Waals surface area contributed by atoms with Gasteiger partial charge >= 0.3 is 6.03 Å². The van der Waals surface area contributed by atoms with Crippen molar-refractivity contribution in [2.24, 2.45) is 4.99 Å². The average molecular weight is 440 g/mol. The summed E-state index contributed by atoms with van der Waals surface area (Å²) in [4.78, 5) is 20.6. The molecule has 1 unspecified atom stereocenters. The van der Waals surface area contributed by atoms with E-state index in [-0.39, 0.29) is 17.8 Å². The molecule has 0 spiro atoms. The number of amides is 2. The van der Waals surface area contributed by atoms with Gasteiger partial charge in [-0.1, -0.05) is 16.9 Å². The molecule has 3 rings (SSSR count). The molecule has 2 heterocycles. The number of aromatic nitrogens is 1. The first-order valence-corrected chi connectivity index (χ1v) is 10.6. The van der Waals surface area contributed by atoms with Crippen LogP contribution < -0.4 is 16.0 Å². The van der Waals surface area contributed by atoms with Crippen LogP contribution in [0.25, 0.3) is 10.2 Å². The third-order valence-electron chi connectivity index (χ3n) is 4.32. The van der Waals surface area contributed by atoms with E-state index in [2.05, 4.69) is 25.9 Å². The molecule has 0 aliphatic carbocycles. The molecule has 156 valence electrons. The molecule has 0 radical (unpaired) electrons. The van der Waals surface area contributed by atoms with Crippen molar-refractivity contribution in [1.29, 1.82) is 0 Å². The van der Waals surface area contributed by atoms with E-state index in [4.69, 9.17) is 16.7 Å². The smallest absolute Gasteiger partial charge is 0.321 e. The van der Waals surface area contributed by atoms with Gasteiger partial charge in [0, 0.05) is 19.4 Å². The standard InChI is InChI=1S/C19H23ClFN5O2S/c20-14-9-12(3-1-2-8-27)11-24-17(14)22-6-7-23-18(28)26-19-25-15-5-4-13(21)10-16(15)29-19/h4-5,10-11,14,27H,1-3,6-9H2,(H,22,24)(H2,23,25,26,28). The molecule has 1 aliphatic heterocycles. The third-order valence-corrected chi connectivity index (χ3v) is 5.61. The van der Waals surface area contributed by atoms with E-state index in [0.717, 1.165) is 25.7 Å². The molecule has 1 aromatic heterocycles. The fourth-order valence-corrected chi connectivity index (χ4v) is 4.09. The van der Waals surface area contributed by atoms with E-state index >= 15 is 0 Å². The molecule has 1 aliphatic rings. The summed E-state index contributed by atoms with van der Waals surface area (Å²) in [7, 11) is 0. The molecule has 10 heteroatoms. The summed E-state index contributed by atoms with van der Waals surface area (Å²) in [5.74, 6) is 0.352. The zero-order chi connectivity index (χ0) is 20.6. The van der Waals surface area contributed by atoms with Crippen LogP contribution in [0, 0.1) is 5.82 Å². The number of hydrogen-bond acceptors (Lipinski definition) is 5. The molecule has 2 aromatic rings. The van der Waals surface area contributed by atoms with Gasteiger partial charge in [-0.05, 0) is 43.9 Å². The second-order valence-electron chi connectivity index (χ2n) is 6.58. The zero-order valence-corrected chi connectivity index (χ0v) is 17.3. The molecule has 1 aromatic carbocycles. The highest BCUT2D eigenvalue weighted by molar-refractivity contribution is 7.22. The number of amidine groups is 1. The Bertz CT molecular complexity index is 917.